The first kappa shape index (κ1) is 24.7. The van der Waals surface area contributed by atoms with Crippen molar-refractivity contribution >= 4 is 51.0 Å². The van der Waals surface area contributed by atoms with Gasteiger partial charge in [0.05, 0.1) is 5.57 Å². The van der Waals surface area contributed by atoms with E-state index in [-0.39, 0.29) is 11.8 Å². The zero-order valence-electron chi connectivity index (χ0n) is 18.8. The Labute approximate surface area is 213 Å². The summed E-state index contributed by atoms with van der Waals surface area (Å²) in [7, 11) is 0. The number of nitrogens with zero attached hydrogens (tertiary/aromatic N) is 2. The highest BCUT2D eigenvalue weighted by molar-refractivity contribution is 9.10. The number of carbonyl (C=O) groups excluding carboxylic acids is 2. The molecule has 8 heteroatoms. The average molecular weight is 545 g/mol. The average Bonchev–Trinajstić information content (AvgIpc) is 3.21. The lowest BCUT2D eigenvalue weighted by Gasteiger charge is -2.34. The third kappa shape index (κ3) is 5.96. The lowest BCUT2D eigenvalue weighted by molar-refractivity contribution is -0.135. The summed E-state index contributed by atoms with van der Waals surface area (Å²) in [6.45, 7) is 3.45. The molecule has 1 aliphatic carbocycles. The van der Waals surface area contributed by atoms with E-state index in [1.165, 1.54) is 0 Å². The van der Waals surface area contributed by atoms with Crippen LogP contribution in [0.2, 0.25) is 5.02 Å². The van der Waals surface area contributed by atoms with Crippen molar-refractivity contribution in [1.29, 1.82) is 0 Å². The molecule has 0 radical (unpaired) electrons. The van der Waals surface area contributed by atoms with Crippen LogP contribution in [0.3, 0.4) is 0 Å². The maximum atomic E-state index is 13.3. The Morgan fingerprint density at radius 2 is 1.79 bits per heavy atom. The van der Waals surface area contributed by atoms with E-state index < -0.39 is 6.61 Å². The van der Waals surface area contributed by atoms with Crippen molar-refractivity contribution in [3.8, 4) is 0 Å². The number of aliphatic hydroxyl groups excluding tert-OH is 1. The second-order valence-electron chi connectivity index (χ2n) is 8.40. The third-order valence-electron chi connectivity index (χ3n) is 6.19. The predicted octanol–water partition coefficient (Wildman–Crippen LogP) is 3.38. The molecule has 1 heterocycles. The van der Waals surface area contributed by atoms with Gasteiger partial charge in [0.2, 0.25) is 5.91 Å². The Morgan fingerprint density at radius 1 is 1.06 bits per heavy atom. The number of hydrogen-bond acceptors (Lipinski definition) is 4. The number of rotatable bonds is 7. The van der Waals surface area contributed by atoms with E-state index in [9.17, 15) is 9.59 Å². The molecule has 1 aliphatic heterocycles. The maximum Gasteiger partial charge on any atom is 0.252 e. The van der Waals surface area contributed by atoms with Gasteiger partial charge in [-0.05, 0) is 52.9 Å². The summed E-state index contributed by atoms with van der Waals surface area (Å²) in [5.41, 5.74) is 4.81. The molecular weight excluding hydrogens is 518 g/mol. The summed E-state index contributed by atoms with van der Waals surface area (Å²) in [5.74, 6) is -0.309. The first-order chi connectivity index (χ1) is 16.4. The first-order valence-corrected chi connectivity index (χ1v) is 12.5. The molecule has 2 aliphatic rings. The van der Waals surface area contributed by atoms with Gasteiger partial charge in [-0.1, -0.05) is 57.9 Å². The second-order valence-corrected chi connectivity index (χ2v) is 9.75. The van der Waals surface area contributed by atoms with Crippen LogP contribution >= 0.6 is 27.5 Å². The quantitative estimate of drug-likeness (QED) is 0.561. The van der Waals surface area contributed by atoms with Crippen LogP contribution in [-0.4, -0.2) is 72.6 Å². The summed E-state index contributed by atoms with van der Waals surface area (Å²) in [6.07, 6.45) is 4.72. The molecule has 1 saturated heterocycles. The van der Waals surface area contributed by atoms with Crippen molar-refractivity contribution < 1.29 is 14.7 Å². The summed E-state index contributed by atoms with van der Waals surface area (Å²) in [5, 5.41) is 12.8. The number of hydrogen-bond donors (Lipinski definition) is 2. The molecule has 4 rings (SSSR count). The number of piperazine rings is 1. The molecule has 0 atom stereocenters. The second kappa shape index (κ2) is 11.3. The van der Waals surface area contributed by atoms with Crippen LogP contribution in [0.5, 0.6) is 0 Å². The van der Waals surface area contributed by atoms with Crippen molar-refractivity contribution in [2.45, 2.75) is 6.42 Å². The normalized spacial score (nSPS) is 16.3. The molecule has 0 spiro atoms. The van der Waals surface area contributed by atoms with Gasteiger partial charge in [-0.15, -0.1) is 0 Å². The lowest BCUT2D eigenvalue weighted by atomic mass is 10.0. The molecule has 2 aromatic carbocycles. The molecule has 0 bridgehead atoms. The molecule has 34 heavy (non-hydrogen) atoms. The van der Waals surface area contributed by atoms with E-state index in [1.807, 2.05) is 48.6 Å². The lowest BCUT2D eigenvalue weighted by Crippen LogP contribution is -2.50. The van der Waals surface area contributed by atoms with Gasteiger partial charge < -0.3 is 15.3 Å². The molecule has 2 aromatic rings. The smallest absolute Gasteiger partial charge is 0.252 e. The van der Waals surface area contributed by atoms with E-state index in [0.717, 1.165) is 39.8 Å². The van der Waals surface area contributed by atoms with Gasteiger partial charge in [0.15, 0.2) is 0 Å². The van der Waals surface area contributed by atoms with Crippen molar-refractivity contribution in [3.05, 3.63) is 80.3 Å². The molecular formula is C26H27BrClN3O3. The highest BCUT2D eigenvalue weighted by atomic mass is 79.9. The van der Waals surface area contributed by atoms with Crippen molar-refractivity contribution in [2.24, 2.45) is 0 Å². The van der Waals surface area contributed by atoms with Gasteiger partial charge in [0, 0.05) is 48.8 Å². The number of benzene rings is 2. The maximum absolute atomic E-state index is 13.3. The molecule has 2 N–H and O–H groups in total. The third-order valence-corrected chi connectivity index (χ3v) is 6.93. The number of amides is 2. The minimum absolute atomic E-state index is 0.0778. The predicted molar refractivity (Wildman–Crippen MR) is 138 cm³/mol. The van der Waals surface area contributed by atoms with Gasteiger partial charge in [-0.25, -0.2) is 0 Å². The van der Waals surface area contributed by atoms with Gasteiger partial charge in [-0.3, -0.25) is 14.5 Å². The molecule has 0 saturated carbocycles. The summed E-state index contributed by atoms with van der Waals surface area (Å²) < 4.78 is 0.993. The van der Waals surface area contributed by atoms with Crippen LogP contribution in [0.4, 0.5) is 0 Å². The van der Waals surface area contributed by atoms with Crippen LogP contribution in [0.1, 0.15) is 16.7 Å². The van der Waals surface area contributed by atoms with E-state index in [0.29, 0.717) is 43.2 Å². The Hall–Kier alpha value is -2.45. The number of allylic oxidation sites excluding steroid dienone is 2. The van der Waals surface area contributed by atoms with Gasteiger partial charge >= 0.3 is 0 Å². The summed E-state index contributed by atoms with van der Waals surface area (Å²) >= 11 is 9.52. The fraction of sp³-hybridized carbons (Fsp3) is 0.308. The molecule has 0 unspecified atom stereocenters. The first-order valence-electron chi connectivity index (χ1n) is 11.3. The minimum atomic E-state index is -0.446. The number of nitrogens with one attached hydrogen (secondary N) is 1. The Morgan fingerprint density at radius 3 is 2.50 bits per heavy atom. The van der Waals surface area contributed by atoms with Crippen LogP contribution in [0.15, 0.2) is 58.6 Å². The zero-order chi connectivity index (χ0) is 24.1. The van der Waals surface area contributed by atoms with Crippen molar-refractivity contribution in [3.63, 3.8) is 0 Å². The highest BCUT2D eigenvalue weighted by Crippen LogP contribution is 2.35. The Kier molecular flexibility index (Phi) is 8.21. The largest absolute Gasteiger partial charge is 0.387 e. The summed E-state index contributed by atoms with van der Waals surface area (Å²) in [6, 6.07) is 13.6. The van der Waals surface area contributed by atoms with Crippen LogP contribution < -0.4 is 5.32 Å². The van der Waals surface area contributed by atoms with Crippen LogP contribution in [0, 0.1) is 0 Å². The van der Waals surface area contributed by atoms with Gasteiger partial charge in [0.1, 0.15) is 6.61 Å². The number of halogens is 2. The van der Waals surface area contributed by atoms with Crippen molar-refractivity contribution in [2.75, 3.05) is 45.9 Å². The Bertz CT molecular complexity index is 1120. The Balaban J connectivity index is 1.42. The number of carbonyl (C=O) groups is 2. The van der Waals surface area contributed by atoms with E-state index in [4.69, 9.17) is 16.7 Å². The molecule has 6 nitrogen and oxygen atoms in total. The monoisotopic (exact) mass is 543 g/mol. The molecule has 2 amide bonds. The minimum Gasteiger partial charge on any atom is -0.387 e. The van der Waals surface area contributed by atoms with E-state index >= 15 is 0 Å². The molecule has 0 aromatic heterocycles. The SMILES string of the molecule is O=C(NCCN1CCN(C(=O)CO)CC1)C1=C(/C=C/c2ccc(Cl)cc2)Cc2cc(Br)ccc21. The number of aliphatic hydroxyl groups is 1. The fourth-order valence-electron chi connectivity index (χ4n) is 4.34. The summed E-state index contributed by atoms with van der Waals surface area (Å²) in [4.78, 5) is 28.8. The van der Waals surface area contributed by atoms with Crippen molar-refractivity contribution in [1.82, 2.24) is 15.1 Å². The van der Waals surface area contributed by atoms with E-state index in [1.54, 1.807) is 4.90 Å². The standard InChI is InChI=1S/C26H27BrClN3O3/c27-21-5-8-23-20(16-21)15-19(4-1-18-2-6-22(28)7-3-18)25(23)26(34)29-9-10-30-11-13-31(14-12-30)24(33)17-32/h1-8,16,32H,9-15,17H2,(H,29,34)/b4-1+. The highest BCUT2D eigenvalue weighted by Gasteiger charge is 2.26. The number of fused-ring (bicyclic) bond motifs is 1. The van der Waals surface area contributed by atoms with Crippen LogP contribution in [-0.2, 0) is 16.0 Å². The topological polar surface area (TPSA) is 72.9 Å². The fourth-order valence-corrected chi connectivity index (χ4v) is 4.87. The molecule has 1 fully saturated rings. The van der Waals surface area contributed by atoms with Crippen LogP contribution in [0.25, 0.3) is 11.6 Å². The van der Waals surface area contributed by atoms with Gasteiger partial charge in [0.25, 0.3) is 5.91 Å². The van der Waals surface area contributed by atoms with Gasteiger partial charge in [-0.2, -0.15) is 0 Å². The van der Waals surface area contributed by atoms with E-state index in [2.05, 4.69) is 32.2 Å². The molecule has 178 valence electrons. The zero-order valence-corrected chi connectivity index (χ0v) is 21.1.